The van der Waals surface area contributed by atoms with Gasteiger partial charge in [0, 0.05) is 0 Å². The van der Waals surface area contributed by atoms with E-state index in [1.54, 1.807) is 47.9 Å². The number of fused-ring (bicyclic) bond motifs is 3. The van der Waals surface area contributed by atoms with Crippen molar-refractivity contribution in [1.82, 2.24) is 0 Å². The summed E-state index contributed by atoms with van der Waals surface area (Å²) < 4.78 is 2.73. The Morgan fingerprint density at radius 1 is 0.667 bits per heavy atom. The van der Waals surface area contributed by atoms with Gasteiger partial charge in [-0.15, -0.1) is 0 Å². The molecule has 2 fully saturated rings. The molecule has 4 aliphatic carbocycles. The third-order valence-corrected chi connectivity index (χ3v) is 32.9. The second-order valence-corrected chi connectivity index (χ2v) is 27.2. The molecule has 0 N–H and O–H groups in total. The maximum atomic E-state index is 2.65. The van der Waals surface area contributed by atoms with Gasteiger partial charge in [-0.05, 0) is 0 Å². The van der Waals surface area contributed by atoms with Gasteiger partial charge in [0.15, 0.2) is 0 Å². The molecular formula is C34H44SiZr. The van der Waals surface area contributed by atoms with Crippen LogP contribution in [0.1, 0.15) is 109 Å². The van der Waals surface area contributed by atoms with E-state index in [4.69, 9.17) is 0 Å². The van der Waals surface area contributed by atoms with E-state index in [0.717, 1.165) is 14.7 Å². The van der Waals surface area contributed by atoms with Gasteiger partial charge < -0.3 is 0 Å². The standard InChI is InChI=1S/C15H13.C14H26Si.C5H5.Zr/c1-10-3-5-14-12(7-10)9-13-8-11(2)4-6-15(13)14;1-2-6-10-13(9-5-1)15-14-11-7-3-4-8-12-14;1-2-4-5-3-1;/h3-9H,1-2H3;13-14H,1-12H2;1-3H,4H2;. The maximum absolute atomic E-state index is 2.65. The van der Waals surface area contributed by atoms with Crippen LogP contribution in [-0.4, -0.2) is 5.43 Å². The van der Waals surface area contributed by atoms with Crippen LogP contribution < -0.4 is 0 Å². The summed E-state index contributed by atoms with van der Waals surface area (Å²) in [7, 11) is 0. The van der Waals surface area contributed by atoms with Crippen molar-refractivity contribution in [3.8, 4) is 11.1 Å². The molecule has 0 aromatic heterocycles. The molecule has 4 aliphatic rings. The second-order valence-electron chi connectivity index (χ2n) is 12.2. The van der Waals surface area contributed by atoms with Gasteiger partial charge >= 0.3 is 229 Å². The van der Waals surface area contributed by atoms with Crippen molar-refractivity contribution in [3.63, 3.8) is 0 Å². The summed E-state index contributed by atoms with van der Waals surface area (Å²) in [5.74, 6) is 0. The molecule has 2 aromatic rings. The van der Waals surface area contributed by atoms with Crippen molar-refractivity contribution in [3.05, 3.63) is 80.2 Å². The molecule has 2 aromatic carbocycles. The molecule has 0 amide bonds. The molecule has 36 heavy (non-hydrogen) atoms. The first-order chi connectivity index (χ1) is 17.7. The minimum atomic E-state index is -2.08. The topological polar surface area (TPSA) is 0 Å². The number of benzene rings is 2. The second kappa shape index (κ2) is 11.4. The Bertz CT molecular complexity index is 1130. The quantitative estimate of drug-likeness (QED) is 0.253. The van der Waals surface area contributed by atoms with Gasteiger partial charge in [-0.3, -0.25) is 0 Å². The van der Waals surface area contributed by atoms with E-state index in [1.807, 2.05) is 3.28 Å². The van der Waals surface area contributed by atoms with Crippen LogP contribution >= 0.6 is 0 Å². The summed E-state index contributed by atoms with van der Waals surface area (Å²) in [5, 5.41) is 0. The average Bonchev–Trinajstić information content (AvgIpc) is 3.28. The zero-order valence-corrected chi connectivity index (χ0v) is 26.1. The predicted molar refractivity (Wildman–Crippen MR) is 154 cm³/mol. The number of hydrogen-bond donors (Lipinski definition) is 0. The number of aryl methyl sites for hydroxylation is 2. The molecule has 0 radical (unpaired) electrons. The van der Waals surface area contributed by atoms with E-state index < -0.39 is 25.8 Å². The van der Waals surface area contributed by atoms with Crippen LogP contribution in [0.15, 0.2) is 57.9 Å². The SMILES string of the molecule is Cc1ccc2c(c1)[CH]([Zr]([C]1=CC=CC1)=[Si](C1CCCCCC1)C1CCCCCC1)c1cc(C)ccc1-2. The zero-order valence-electron chi connectivity index (χ0n) is 22.6. The summed E-state index contributed by atoms with van der Waals surface area (Å²) in [5.41, 5.74) is 11.3. The van der Waals surface area contributed by atoms with Crippen LogP contribution in [0.2, 0.25) is 11.1 Å². The summed E-state index contributed by atoms with van der Waals surface area (Å²) >= 11 is -2.08. The van der Waals surface area contributed by atoms with Gasteiger partial charge in [0.2, 0.25) is 0 Å². The molecule has 0 unspecified atom stereocenters. The number of rotatable bonds is 4. The van der Waals surface area contributed by atoms with Crippen LogP contribution in [0.25, 0.3) is 11.1 Å². The molecular weight excluding hydrogens is 528 g/mol. The monoisotopic (exact) mass is 570 g/mol. The molecule has 2 saturated carbocycles. The van der Waals surface area contributed by atoms with E-state index in [9.17, 15) is 0 Å². The molecule has 0 nitrogen and oxygen atoms in total. The van der Waals surface area contributed by atoms with Crippen LogP contribution in [-0.2, 0) is 20.4 Å². The van der Waals surface area contributed by atoms with Gasteiger partial charge in [-0.1, -0.05) is 0 Å². The molecule has 188 valence electrons. The molecule has 2 heteroatoms. The summed E-state index contributed by atoms with van der Waals surface area (Å²) in [4.78, 5) is 0. The fourth-order valence-corrected chi connectivity index (χ4v) is 36.3. The van der Waals surface area contributed by atoms with Crippen molar-refractivity contribution < 1.29 is 20.4 Å². The van der Waals surface area contributed by atoms with Crippen molar-refractivity contribution in [2.45, 2.75) is 112 Å². The van der Waals surface area contributed by atoms with Crippen molar-refractivity contribution >= 4 is 5.43 Å². The summed E-state index contributed by atoms with van der Waals surface area (Å²) in [6.45, 7) is 4.65. The molecule has 0 bridgehead atoms. The Labute approximate surface area is 227 Å². The molecule has 0 spiro atoms. The van der Waals surface area contributed by atoms with Crippen LogP contribution in [0.5, 0.6) is 0 Å². The number of allylic oxidation sites excluding steroid dienone is 4. The van der Waals surface area contributed by atoms with Crippen LogP contribution in [0.4, 0.5) is 0 Å². The van der Waals surface area contributed by atoms with Gasteiger partial charge in [-0.2, -0.15) is 0 Å². The van der Waals surface area contributed by atoms with E-state index in [-0.39, 0.29) is 0 Å². The first kappa shape index (κ1) is 25.3. The van der Waals surface area contributed by atoms with Crippen molar-refractivity contribution in [2.24, 2.45) is 0 Å². The first-order valence-corrected chi connectivity index (χ1v) is 23.0. The Hall–Kier alpha value is -0.980. The number of hydrogen-bond acceptors (Lipinski definition) is 0. The minimum absolute atomic E-state index is 0.416. The fourth-order valence-electron chi connectivity index (χ4n) is 7.95. The van der Waals surface area contributed by atoms with Gasteiger partial charge in [0.25, 0.3) is 0 Å². The van der Waals surface area contributed by atoms with E-state index in [2.05, 4.69) is 68.5 Å². The predicted octanol–water partition coefficient (Wildman–Crippen LogP) is 10.3. The fraction of sp³-hybridized carbons (Fsp3) is 0.529. The molecule has 0 atom stereocenters. The third-order valence-electron chi connectivity index (χ3n) is 9.63. The Morgan fingerprint density at radius 2 is 1.17 bits per heavy atom. The van der Waals surface area contributed by atoms with E-state index >= 15 is 0 Å². The Kier molecular flexibility index (Phi) is 8.02. The van der Waals surface area contributed by atoms with Gasteiger partial charge in [0.05, 0.1) is 0 Å². The van der Waals surface area contributed by atoms with Crippen LogP contribution in [0, 0.1) is 13.8 Å². The summed E-state index contributed by atoms with van der Waals surface area (Å²) in [6, 6.07) is 14.9. The summed E-state index contributed by atoms with van der Waals surface area (Å²) in [6.07, 6.45) is 27.1. The first-order valence-electron chi connectivity index (χ1n) is 15.0. The molecule has 0 aliphatic heterocycles. The van der Waals surface area contributed by atoms with Crippen molar-refractivity contribution in [1.29, 1.82) is 0 Å². The van der Waals surface area contributed by atoms with E-state index in [0.29, 0.717) is 0 Å². The molecule has 0 heterocycles. The zero-order chi connectivity index (χ0) is 24.5. The van der Waals surface area contributed by atoms with Gasteiger partial charge in [0.1, 0.15) is 0 Å². The molecule has 0 saturated heterocycles. The third kappa shape index (κ3) is 5.03. The normalized spacial score (nSPS) is 21.0. The van der Waals surface area contributed by atoms with Gasteiger partial charge in [-0.25, -0.2) is 0 Å². The Morgan fingerprint density at radius 3 is 1.61 bits per heavy atom. The average molecular weight is 572 g/mol. The Balaban J connectivity index is 1.61. The van der Waals surface area contributed by atoms with Crippen molar-refractivity contribution in [2.75, 3.05) is 0 Å². The molecule has 6 rings (SSSR count). The van der Waals surface area contributed by atoms with E-state index in [1.165, 1.54) is 68.9 Å². The van der Waals surface area contributed by atoms with Crippen LogP contribution in [0.3, 0.4) is 0 Å².